The molecule has 1 aliphatic carbocycles. The van der Waals surface area contributed by atoms with Gasteiger partial charge in [-0.2, -0.15) is 0 Å². The highest BCUT2D eigenvalue weighted by Gasteiger charge is 2.22. The standard InChI is InChI=1S/C18H26O2/c1-3-4-5-14-6-8-15(9-7-14)16-10-12-17(13-11-16)18(19)20-2/h10-15H,3-9H2,1-2H3. The predicted molar refractivity (Wildman–Crippen MR) is 82.0 cm³/mol. The zero-order valence-corrected chi connectivity index (χ0v) is 12.7. The summed E-state index contributed by atoms with van der Waals surface area (Å²) in [5.41, 5.74) is 2.03. The van der Waals surface area contributed by atoms with Crippen molar-refractivity contribution in [1.29, 1.82) is 0 Å². The maximum absolute atomic E-state index is 11.4. The van der Waals surface area contributed by atoms with E-state index in [1.807, 2.05) is 12.1 Å². The first-order chi connectivity index (χ1) is 9.74. The molecule has 0 N–H and O–H groups in total. The molecule has 0 radical (unpaired) electrons. The molecule has 0 atom stereocenters. The molecular formula is C18H26O2. The van der Waals surface area contributed by atoms with Gasteiger partial charge in [-0.05, 0) is 55.2 Å². The van der Waals surface area contributed by atoms with Gasteiger partial charge >= 0.3 is 5.97 Å². The van der Waals surface area contributed by atoms with Crippen LogP contribution in [0, 0.1) is 5.92 Å². The second kappa shape index (κ2) is 7.47. The van der Waals surface area contributed by atoms with Crippen molar-refractivity contribution in [3.05, 3.63) is 35.4 Å². The number of carbonyl (C=O) groups excluding carboxylic acids is 1. The average molecular weight is 274 g/mol. The second-order valence-electron chi connectivity index (χ2n) is 5.97. The Labute approximate surface area is 122 Å². The summed E-state index contributed by atoms with van der Waals surface area (Å²) in [6.45, 7) is 2.27. The Morgan fingerprint density at radius 3 is 2.35 bits per heavy atom. The monoisotopic (exact) mass is 274 g/mol. The van der Waals surface area contributed by atoms with E-state index >= 15 is 0 Å². The summed E-state index contributed by atoms with van der Waals surface area (Å²) in [6, 6.07) is 7.99. The number of benzene rings is 1. The van der Waals surface area contributed by atoms with Gasteiger partial charge in [0.15, 0.2) is 0 Å². The molecule has 0 aromatic heterocycles. The van der Waals surface area contributed by atoms with Crippen LogP contribution in [-0.2, 0) is 4.74 Å². The summed E-state index contributed by atoms with van der Waals surface area (Å²) in [4.78, 5) is 11.4. The lowest BCUT2D eigenvalue weighted by molar-refractivity contribution is 0.0600. The third kappa shape index (κ3) is 3.84. The molecule has 2 heteroatoms. The van der Waals surface area contributed by atoms with E-state index in [0.717, 1.165) is 5.92 Å². The van der Waals surface area contributed by atoms with E-state index in [9.17, 15) is 4.79 Å². The highest BCUT2D eigenvalue weighted by Crippen LogP contribution is 2.37. The molecule has 1 aliphatic rings. The predicted octanol–water partition coefficient (Wildman–Crippen LogP) is 4.94. The SMILES string of the molecule is CCCCC1CCC(c2ccc(C(=O)OC)cc2)CC1. The van der Waals surface area contributed by atoms with Crippen molar-refractivity contribution in [3.63, 3.8) is 0 Å². The quantitative estimate of drug-likeness (QED) is 0.711. The van der Waals surface area contributed by atoms with Crippen molar-refractivity contribution in [2.45, 2.75) is 57.8 Å². The van der Waals surface area contributed by atoms with Crippen molar-refractivity contribution >= 4 is 5.97 Å². The number of rotatable bonds is 5. The number of ether oxygens (including phenoxy) is 1. The molecule has 0 aliphatic heterocycles. The third-order valence-electron chi connectivity index (χ3n) is 4.62. The van der Waals surface area contributed by atoms with E-state index in [2.05, 4.69) is 19.1 Å². The first kappa shape index (κ1) is 15.1. The van der Waals surface area contributed by atoms with E-state index in [4.69, 9.17) is 4.74 Å². The Hall–Kier alpha value is -1.31. The number of carbonyl (C=O) groups is 1. The summed E-state index contributed by atoms with van der Waals surface area (Å²) in [7, 11) is 1.42. The molecule has 1 aromatic rings. The molecule has 1 saturated carbocycles. The van der Waals surface area contributed by atoms with Crippen LogP contribution in [0.2, 0.25) is 0 Å². The Kier molecular flexibility index (Phi) is 5.63. The summed E-state index contributed by atoms with van der Waals surface area (Å²) >= 11 is 0. The zero-order chi connectivity index (χ0) is 14.4. The first-order valence-corrected chi connectivity index (χ1v) is 7.92. The van der Waals surface area contributed by atoms with Gasteiger partial charge in [-0.15, -0.1) is 0 Å². The highest BCUT2D eigenvalue weighted by molar-refractivity contribution is 5.89. The largest absolute Gasteiger partial charge is 0.465 e. The van der Waals surface area contributed by atoms with E-state index < -0.39 is 0 Å². The van der Waals surface area contributed by atoms with Crippen LogP contribution in [0.15, 0.2) is 24.3 Å². The number of esters is 1. The minimum atomic E-state index is -0.250. The van der Waals surface area contributed by atoms with Gasteiger partial charge in [0.25, 0.3) is 0 Å². The highest BCUT2D eigenvalue weighted by atomic mass is 16.5. The Morgan fingerprint density at radius 2 is 1.80 bits per heavy atom. The Bertz CT molecular complexity index is 414. The lowest BCUT2D eigenvalue weighted by Crippen LogP contribution is -2.13. The van der Waals surface area contributed by atoms with Crippen LogP contribution in [0.3, 0.4) is 0 Å². The lowest BCUT2D eigenvalue weighted by Gasteiger charge is -2.28. The van der Waals surface area contributed by atoms with Crippen molar-refractivity contribution < 1.29 is 9.53 Å². The summed E-state index contributed by atoms with van der Waals surface area (Å²) in [5, 5.41) is 0. The van der Waals surface area contributed by atoms with E-state index in [1.165, 1.54) is 57.6 Å². The molecule has 110 valence electrons. The Morgan fingerprint density at radius 1 is 1.15 bits per heavy atom. The normalized spacial score (nSPS) is 22.5. The molecule has 0 unspecified atom stereocenters. The fourth-order valence-electron chi connectivity index (χ4n) is 3.29. The average Bonchev–Trinajstić information content (AvgIpc) is 2.53. The number of unbranched alkanes of at least 4 members (excludes halogenated alkanes) is 1. The smallest absolute Gasteiger partial charge is 0.337 e. The van der Waals surface area contributed by atoms with Gasteiger partial charge in [-0.1, -0.05) is 38.3 Å². The molecule has 0 saturated heterocycles. The van der Waals surface area contributed by atoms with Gasteiger partial charge in [0.05, 0.1) is 12.7 Å². The van der Waals surface area contributed by atoms with Gasteiger partial charge in [0.1, 0.15) is 0 Å². The van der Waals surface area contributed by atoms with Crippen LogP contribution in [-0.4, -0.2) is 13.1 Å². The maximum atomic E-state index is 11.4. The molecule has 1 fully saturated rings. The maximum Gasteiger partial charge on any atom is 0.337 e. The molecule has 1 aromatic carbocycles. The fraction of sp³-hybridized carbons (Fsp3) is 0.611. The van der Waals surface area contributed by atoms with Gasteiger partial charge in [0.2, 0.25) is 0 Å². The van der Waals surface area contributed by atoms with Crippen LogP contribution in [0.4, 0.5) is 0 Å². The molecule has 0 amide bonds. The van der Waals surface area contributed by atoms with Crippen LogP contribution >= 0.6 is 0 Å². The van der Waals surface area contributed by atoms with Gasteiger partial charge in [0, 0.05) is 0 Å². The van der Waals surface area contributed by atoms with E-state index in [-0.39, 0.29) is 5.97 Å². The summed E-state index contributed by atoms with van der Waals surface area (Å²) < 4.78 is 4.73. The summed E-state index contributed by atoms with van der Waals surface area (Å²) in [5.74, 6) is 1.37. The minimum absolute atomic E-state index is 0.250. The van der Waals surface area contributed by atoms with Crippen molar-refractivity contribution in [2.75, 3.05) is 7.11 Å². The topological polar surface area (TPSA) is 26.3 Å². The van der Waals surface area contributed by atoms with Crippen molar-refractivity contribution in [2.24, 2.45) is 5.92 Å². The molecule has 2 rings (SSSR count). The summed E-state index contributed by atoms with van der Waals surface area (Å²) in [6.07, 6.45) is 9.42. The molecular weight excluding hydrogens is 248 g/mol. The molecule has 0 spiro atoms. The molecule has 20 heavy (non-hydrogen) atoms. The van der Waals surface area contributed by atoms with Crippen molar-refractivity contribution in [3.8, 4) is 0 Å². The van der Waals surface area contributed by atoms with Gasteiger partial charge in [-0.3, -0.25) is 0 Å². The zero-order valence-electron chi connectivity index (χ0n) is 12.7. The third-order valence-corrected chi connectivity index (χ3v) is 4.62. The lowest BCUT2D eigenvalue weighted by atomic mass is 9.77. The number of hydrogen-bond acceptors (Lipinski definition) is 2. The number of methoxy groups -OCH3 is 1. The van der Waals surface area contributed by atoms with Crippen LogP contribution in [0.1, 0.15) is 73.7 Å². The molecule has 0 bridgehead atoms. The molecule has 2 nitrogen and oxygen atoms in total. The Balaban J connectivity index is 1.89. The van der Waals surface area contributed by atoms with Gasteiger partial charge < -0.3 is 4.74 Å². The van der Waals surface area contributed by atoms with Crippen molar-refractivity contribution in [1.82, 2.24) is 0 Å². The first-order valence-electron chi connectivity index (χ1n) is 7.92. The van der Waals surface area contributed by atoms with E-state index in [0.29, 0.717) is 11.5 Å². The number of hydrogen-bond donors (Lipinski definition) is 0. The van der Waals surface area contributed by atoms with Gasteiger partial charge in [-0.25, -0.2) is 4.79 Å². The molecule has 0 heterocycles. The second-order valence-corrected chi connectivity index (χ2v) is 5.97. The van der Waals surface area contributed by atoms with E-state index in [1.54, 1.807) is 0 Å². The minimum Gasteiger partial charge on any atom is -0.465 e. The van der Waals surface area contributed by atoms with Crippen LogP contribution < -0.4 is 0 Å². The van der Waals surface area contributed by atoms with Crippen LogP contribution in [0.5, 0.6) is 0 Å². The van der Waals surface area contributed by atoms with Crippen LogP contribution in [0.25, 0.3) is 0 Å². The fourth-order valence-corrected chi connectivity index (χ4v) is 3.29.